The Morgan fingerprint density at radius 1 is 1.10 bits per heavy atom. The molecule has 1 aliphatic carbocycles. The van der Waals surface area contributed by atoms with E-state index in [4.69, 9.17) is 5.73 Å². The zero-order valence-corrected chi connectivity index (χ0v) is 13.4. The number of piperidine rings is 1. The molecule has 2 bridgehead atoms. The van der Waals surface area contributed by atoms with Crippen LogP contribution >= 0.6 is 0 Å². The molecule has 4 nitrogen and oxygen atoms in total. The first-order valence-corrected chi connectivity index (χ1v) is 8.90. The number of nitrogens with zero attached hydrogens (tertiary/aromatic N) is 1. The molecule has 3 N–H and O–H groups in total. The van der Waals surface area contributed by atoms with Gasteiger partial charge in [0, 0.05) is 24.7 Å². The van der Waals surface area contributed by atoms with Crippen LogP contribution in [0.3, 0.4) is 0 Å². The highest BCUT2D eigenvalue weighted by Gasteiger charge is 2.38. The van der Waals surface area contributed by atoms with Crippen molar-refractivity contribution in [3.05, 3.63) is 0 Å². The fourth-order valence-electron chi connectivity index (χ4n) is 4.73. The topological polar surface area (TPSA) is 58.4 Å². The average molecular weight is 293 g/mol. The molecular formula is C17H31N3O. The normalized spacial score (nSPS) is 40.8. The van der Waals surface area contributed by atoms with Gasteiger partial charge in [0.25, 0.3) is 0 Å². The van der Waals surface area contributed by atoms with Gasteiger partial charge in [-0.1, -0.05) is 19.3 Å². The number of nitrogens with two attached hydrogens (primary N) is 1. The molecule has 0 aromatic rings. The van der Waals surface area contributed by atoms with Crippen molar-refractivity contribution < 1.29 is 4.79 Å². The van der Waals surface area contributed by atoms with Crippen LogP contribution in [-0.4, -0.2) is 42.5 Å². The van der Waals surface area contributed by atoms with Gasteiger partial charge in [-0.15, -0.1) is 0 Å². The standard InChI is InChI=1S/C17H31N3O/c1-20-13-7-8-14(20)10-12(9-13)11-19-17(21)15-5-3-2-4-6-16(15)18/h12-16H,2-11,18H2,1H3,(H,19,21). The average Bonchev–Trinajstić information content (AvgIpc) is 2.68. The summed E-state index contributed by atoms with van der Waals surface area (Å²) in [6.45, 7) is 0.864. The van der Waals surface area contributed by atoms with E-state index in [-0.39, 0.29) is 17.9 Å². The molecule has 0 aromatic carbocycles. The predicted octanol–water partition coefficient (Wildman–Crippen LogP) is 1.88. The number of hydrogen-bond acceptors (Lipinski definition) is 3. The lowest BCUT2D eigenvalue weighted by atomic mass is 9.90. The second-order valence-corrected chi connectivity index (χ2v) is 7.54. The van der Waals surface area contributed by atoms with E-state index >= 15 is 0 Å². The second-order valence-electron chi connectivity index (χ2n) is 7.54. The van der Waals surface area contributed by atoms with Crippen LogP contribution in [0, 0.1) is 11.8 Å². The molecular weight excluding hydrogens is 262 g/mol. The van der Waals surface area contributed by atoms with Crippen LogP contribution in [0.4, 0.5) is 0 Å². The number of amides is 1. The Morgan fingerprint density at radius 2 is 1.76 bits per heavy atom. The molecule has 21 heavy (non-hydrogen) atoms. The van der Waals surface area contributed by atoms with Gasteiger partial charge in [0.1, 0.15) is 0 Å². The highest BCUT2D eigenvalue weighted by molar-refractivity contribution is 5.79. The van der Waals surface area contributed by atoms with E-state index < -0.39 is 0 Å². The second kappa shape index (κ2) is 6.66. The first-order valence-electron chi connectivity index (χ1n) is 8.90. The van der Waals surface area contributed by atoms with Gasteiger partial charge in [0.05, 0.1) is 5.92 Å². The van der Waals surface area contributed by atoms with E-state index in [1.54, 1.807) is 0 Å². The Morgan fingerprint density at radius 3 is 2.48 bits per heavy atom. The van der Waals surface area contributed by atoms with Crippen molar-refractivity contribution in [3.8, 4) is 0 Å². The fourth-order valence-corrected chi connectivity index (χ4v) is 4.73. The molecule has 1 saturated carbocycles. The number of carbonyl (C=O) groups is 1. The van der Waals surface area contributed by atoms with E-state index in [2.05, 4.69) is 17.3 Å². The lowest BCUT2D eigenvalue weighted by Gasteiger charge is -2.36. The maximum Gasteiger partial charge on any atom is 0.224 e. The summed E-state index contributed by atoms with van der Waals surface area (Å²) in [5, 5.41) is 3.23. The highest BCUT2D eigenvalue weighted by Crippen LogP contribution is 2.37. The number of hydrogen-bond donors (Lipinski definition) is 2. The van der Waals surface area contributed by atoms with E-state index in [0.717, 1.165) is 37.9 Å². The van der Waals surface area contributed by atoms with Crippen molar-refractivity contribution in [2.24, 2.45) is 17.6 Å². The summed E-state index contributed by atoms with van der Waals surface area (Å²) in [4.78, 5) is 15.0. The van der Waals surface area contributed by atoms with Crippen molar-refractivity contribution in [1.82, 2.24) is 10.2 Å². The molecule has 3 fully saturated rings. The van der Waals surface area contributed by atoms with Gasteiger partial charge in [0.2, 0.25) is 5.91 Å². The lowest BCUT2D eigenvalue weighted by Crippen LogP contribution is -2.46. The molecule has 4 unspecified atom stereocenters. The summed E-state index contributed by atoms with van der Waals surface area (Å²) in [6.07, 6.45) is 10.8. The maximum atomic E-state index is 12.4. The van der Waals surface area contributed by atoms with Crippen molar-refractivity contribution >= 4 is 5.91 Å². The van der Waals surface area contributed by atoms with Crippen molar-refractivity contribution in [1.29, 1.82) is 0 Å². The number of fused-ring (bicyclic) bond motifs is 2. The van der Waals surface area contributed by atoms with Crippen molar-refractivity contribution in [2.45, 2.75) is 75.9 Å². The van der Waals surface area contributed by atoms with Gasteiger partial charge in [-0.2, -0.15) is 0 Å². The maximum absolute atomic E-state index is 12.4. The molecule has 3 aliphatic rings. The number of carbonyl (C=O) groups excluding carboxylic acids is 1. The molecule has 4 atom stereocenters. The third-order valence-electron chi connectivity index (χ3n) is 6.17. The third-order valence-corrected chi connectivity index (χ3v) is 6.17. The Labute approximate surface area is 128 Å². The van der Waals surface area contributed by atoms with Gasteiger partial charge >= 0.3 is 0 Å². The summed E-state index contributed by atoms with van der Waals surface area (Å²) in [5.74, 6) is 0.941. The van der Waals surface area contributed by atoms with E-state index in [1.165, 1.54) is 38.5 Å². The minimum absolute atomic E-state index is 0.0514. The molecule has 2 aliphatic heterocycles. The van der Waals surface area contributed by atoms with Crippen LogP contribution in [0.15, 0.2) is 0 Å². The Hall–Kier alpha value is -0.610. The molecule has 2 saturated heterocycles. The van der Waals surface area contributed by atoms with E-state index in [1.807, 2.05) is 0 Å². The van der Waals surface area contributed by atoms with Crippen LogP contribution in [0.1, 0.15) is 57.8 Å². The van der Waals surface area contributed by atoms with Gasteiger partial charge in [-0.3, -0.25) is 4.79 Å². The zero-order valence-electron chi connectivity index (χ0n) is 13.4. The third kappa shape index (κ3) is 3.42. The summed E-state index contributed by atoms with van der Waals surface area (Å²) < 4.78 is 0. The smallest absolute Gasteiger partial charge is 0.224 e. The first-order chi connectivity index (χ1) is 10.1. The number of nitrogens with one attached hydrogen (secondary N) is 1. The molecule has 2 heterocycles. The van der Waals surface area contributed by atoms with Crippen molar-refractivity contribution in [3.63, 3.8) is 0 Å². The largest absolute Gasteiger partial charge is 0.356 e. The highest BCUT2D eigenvalue weighted by atomic mass is 16.1. The molecule has 0 radical (unpaired) electrons. The molecule has 4 heteroatoms. The van der Waals surface area contributed by atoms with Crippen LogP contribution in [0.2, 0.25) is 0 Å². The minimum atomic E-state index is 0.0514. The molecule has 3 rings (SSSR count). The fraction of sp³-hybridized carbons (Fsp3) is 0.941. The van der Waals surface area contributed by atoms with Crippen LogP contribution < -0.4 is 11.1 Å². The molecule has 120 valence electrons. The molecule has 0 aromatic heterocycles. The minimum Gasteiger partial charge on any atom is -0.356 e. The van der Waals surface area contributed by atoms with Gasteiger partial charge in [-0.25, -0.2) is 0 Å². The van der Waals surface area contributed by atoms with E-state index in [0.29, 0.717) is 5.92 Å². The Balaban J connectivity index is 1.47. The van der Waals surface area contributed by atoms with Crippen LogP contribution in [-0.2, 0) is 4.79 Å². The SMILES string of the molecule is CN1C2CCC1CC(CNC(=O)C1CCCCCC1N)C2. The molecule has 0 spiro atoms. The van der Waals surface area contributed by atoms with Crippen LogP contribution in [0.25, 0.3) is 0 Å². The quantitative estimate of drug-likeness (QED) is 0.781. The Kier molecular flexibility index (Phi) is 4.85. The van der Waals surface area contributed by atoms with E-state index in [9.17, 15) is 4.79 Å². The Bertz CT molecular complexity index is 359. The summed E-state index contributed by atoms with van der Waals surface area (Å²) in [6, 6.07) is 1.58. The molecule has 1 amide bonds. The lowest BCUT2D eigenvalue weighted by molar-refractivity contribution is -0.126. The predicted molar refractivity (Wildman–Crippen MR) is 84.9 cm³/mol. The summed E-state index contributed by atoms with van der Waals surface area (Å²) in [5.41, 5.74) is 6.19. The summed E-state index contributed by atoms with van der Waals surface area (Å²) >= 11 is 0. The van der Waals surface area contributed by atoms with Crippen LogP contribution in [0.5, 0.6) is 0 Å². The summed E-state index contributed by atoms with van der Waals surface area (Å²) in [7, 11) is 2.27. The number of rotatable bonds is 3. The first kappa shape index (κ1) is 15.3. The van der Waals surface area contributed by atoms with Gasteiger partial charge in [0.15, 0.2) is 0 Å². The van der Waals surface area contributed by atoms with Crippen molar-refractivity contribution in [2.75, 3.05) is 13.6 Å². The van der Waals surface area contributed by atoms with Gasteiger partial charge in [-0.05, 0) is 51.5 Å². The monoisotopic (exact) mass is 293 g/mol. The zero-order chi connectivity index (χ0) is 14.8. The van der Waals surface area contributed by atoms with Gasteiger partial charge < -0.3 is 16.0 Å².